The normalized spacial score (nSPS) is 8.26. The van der Waals surface area contributed by atoms with E-state index in [0.717, 1.165) is 0 Å². The van der Waals surface area contributed by atoms with E-state index >= 15 is 0 Å². The zero-order valence-electron chi connectivity index (χ0n) is 10.6. The first-order valence-corrected chi connectivity index (χ1v) is 5.29. The average molecular weight is 263 g/mol. The van der Waals surface area contributed by atoms with Crippen molar-refractivity contribution in [1.82, 2.24) is 0 Å². The summed E-state index contributed by atoms with van der Waals surface area (Å²) in [5.41, 5.74) is 5.89. The van der Waals surface area contributed by atoms with Crippen molar-refractivity contribution in [2.24, 2.45) is 0 Å². The van der Waals surface area contributed by atoms with Crippen LogP contribution in [0.15, 0.2) is 48.5 Å². The van der Waals surface area contributed by atoms with Gasteiger partial charge in [-0.05, 0) is 24.3 Å². The number of nitrogen functional groups attached to an aromatic ring is 1. The highest BCUT2D eigenvalue weighted by atomic mass is 16.5. The molecule has 2 rings (SSSR count). The summed E-state index contributed by atoms with van der Waals surface area (Å²) in [7, 11) is 1.52. The number of anilines is 1. The molecule has 2 aromatic rings. The van der Waals surface area contributed by atoms with Crippen LogP contribution in [0.3, 0.4) is 0 Å². The maximum atomic E-state index is 8.99. The van der Waals surface area contributed by atoms with Gasteiger partial charge in [0.2, 0.25) is 0 Å². The largest absolute Gasteiger partial charge is 0.508 e. The zero-order chi connectivity index (χ0) is 14.7. The van der Waals surface area contributed by atoms with Gasteiger partial charge in [0.1, 0.15) is 12.5 Å². The highest BCUT2D eigenvalue weighted by Crippen LogP contribution is 2.23. The molecule has 2 aromatic carbocycles. The minimum atomic E-state index is 0.181. The van der Waals surface area contributed by atoms with E-state index in [1.807, 2.05) is 6.79 Å². The lowest BCUT2D eigenvalue weighted by Gasteiger charge is -1.99. The molecule has 0 saturated carbocycles. The van der Waals surface area contributed by atoms with E-state index < -0.39 is 0 Å². The third kappa shape index (κ3) is 6.58. The van der Waals surface area contributed by atoms with Gasteiger partial charge < -0.3 is 25.5 Å². The molecule has 0 heterocycles. The molecular weight excluding hydrogens is 246 g/mol. The maximum Gasteiger partial charge on any atom is 0.160 e. The lowest BCUT2D eigenvalue weighted by atomic mass is 10.3. The fourth-order valence-corrected chi connectivity index (χ4v) is 1.15. The predicted molar refractivity (Wildman–Crippen MR) is 74.3 cm³/mol. The van der Waals surface area contributed by atoms with Crippen molar-refractivity contribution in [3.05, 3.63) is 48.5 Å². The third-order valence-corrected chi connectivity index (χ3v) is 1.96. The number of phenolic OH excluding ortho intramolecular Hbond substituents is 2. The molecule has 0 unspecified atom stereocenters. The van der Waals surface area contributed by atoms with Crippen molar-refractivity contribution < 1.29 is 19.7 Å². The fraction of sp³-hybridized carbons (Fsp3) is 0.0714. The number of aromatic hydroxyl groups is 2. The molecule has 5 nitrogen and oxygen atoms in total. The summed E-state index contributed by atoms with van der Waals surface area (Å²) >= 11 is 0. The van der Waals surface area contributed by atoms with Gasteiger partial charge in [0.05, 0.1) is 7.11 Å². The van der Waals surface area contributed by atoms with Crippen molar-refractivity contribution in [2.45, 2.75) is 0 Å². The van der Waals surface area contributed by atoms with Gasteiger partial charge >= 0.3 is 0 Å². The van der Waals surface area contributed by atoms with Crippen LogP contribution in [-0.4, -0.2) is 24.1 Å². The summed E-state index contributed by atoms with van der Waals surface area (Å²) in [5.74, 6) is 0.905. The highest BCUT2D eigenvalue weighted by molar-refractivity contribution is 5.42. The van der Waals surface area contributed by atoms with Gasteiger partial charge in [-0.3, -0.25) is 0 Å². The van der Waals surface area contributed by atoms with E-state index in [1.165, 1.54) is 13.2 Å². The number of benzene rings is 2. The van der Waals surface area contributed by atoms with Crippen LogP contribution in [0.25, 0.3) is 0 Å². The Bertz CT molecular complexity index is 471. The molecule has 0 bridgehead atoms. The first-order chi connectivity index (χ1) is 9.13. The highest BCUT2D eigenvalue weighted by Gasteiger charge is 1.94. The summed E-state index contributed by atoms with van der Waals surface area (Å²) in [6.45, 7) is 2.00. The smallest absolute Gasteiger partial charge is 0.160 e. The topological polar surface area (TPSA) is 92.8 Å². The Kier molecular flexibility index (Phi) is 8.03. The molecule has 0 aromatic heterocycles. The molecule has 0 aliphatic heterocycles. The second-order valence-electron chi connectivity index (χ2n) is 3.27. The van der Waals surface area contributed by atoms with Crippen molar-refractivity contribution in [2.75, 3.05) is 12.8 Å². The monoisotopic (exact) mass is 263 g/mol. The van der Waals surface area contributed by atoms with Gasteiger partial charge in [-0.2, -0.15) is 0 Å². The summed E-state index contributed by atoms with van der Waals surface area (Å²) in [6.07, 6.45) is 0. The molecule has 0 aliphatic carbocycles. The van der Waals surface area contributed by atoms with Gasteiger partial charge in [-0.1, -0.05) is 18.2 Å². The van der Waals surface area contributed by atoms with Crippen molar-refractivity contribution in [3.63, 3.8) is 0 Å². The van der Waals surface area contributed by atoms with E-state index in [1.54, 1.807) is 42.5 Å². The summed E-state index contributed by atoms with van der Waals surface area (Å²) in [6, 6.07) is 13.3. The lowest BCUT2D eigenvalue weighted by Crippen LogP contribution is -1.80. The second kappa shape index (κ2) is 9.35. The summed E-state index contributed by atoms with van der Waals surface area (Å²) in [5, 5.41) is 17.7. The Labute approximate surface area is 111 Å². The summed E-state index contributed by atoms with van der Waals surface area (Å²) in [4.78, 5) is 8.00. The van der Waals surface area contributed by atoms with Crippen LogP contribution < -0.4 is 10.5 Å². The maximum absolute atomic E-state index is 8.99. The van der Waals surface area contributed by atoms with Crippen molar-refractivity contribution >= 4 is 12.5 Å². The molecule has 19 heavy (non-hydrogen) atoms. The van der Waals surface area contributed by atoms with Gasteiger partial charge in [0.15, 0.2) is 11.5 Å². The molecule has 0 radical (unpaired) electrons. The number of ether oxygens (including phenoxy) is 1. The van der Waals surface area contributed by atoms with Crippen LogP contribution in [0.1, 0.15) is 0 Å². The first kappa shape index (κ1) is 16.3. The Balaban J connectivity index is 0.000000303. The van der Waals surface area contributed by atoms with Crippen LogP contribution in [0, 0.1) is 0 Å². The van der Waals surface area contributed by atoms with Crippen LogP contribution in [0.4, 0.5) is 5.69 Å². The van der Waals surface area contributed by atoms with Gasteiger partial charge in [-0.25, -0.2) is 0 Å². The van der Waals surface area contributed by atoms with Crippen LogP contribution >= 0.6 is 0 Å². The molecule has 0 fully saturated rings. The lowest BCUT2D eigenvalue weighted by molar-refractivity contribution is -0.0979. The molecule has 102 valence electrons. The van der Waals surface area contributed by atoms with Crippen LogP contribution in [0.5, 0.6) is 17.2 Å². The molecule has 4 N–H and O–H groups in total. The number of hydrogen-bond donors (Lipinski definition) is 3. The Morgan fingerprint density at radius 3 is 2.05 bits per heavy atom. The number of hydrogen-bond acceptors (Lipinski definition) is 5. The first-order valence-electron chi connectivity index (χ1n) is 5.29. The molecule has 0 saturated heterocycles. The van der Waals surface area contributed by atoms with E-state index in [-0.39, 0.29) is 11.5 Å². The molecule has 5 heteroatoms. The van der Waals surface area contributed by atoms with Crippen molar-refractivity contribution in [3.8, 4) is 17.2 Å². The molecule has 0 amide bonds. The number of carbonyl (C=O) groups is 1. The number of nitrogens with two attached hydrogens (primary N) is 1. The average Bonchev–Trinajstić information content (AvgIpc) is 2.42. The molecular formula is C14H17NO4. The number of methoxy groups -OCH3 is 1. The van der Waals surface area contributed by atoms with Gasteiger partial charge in [-0.15, -0.1) is 0 Å². The van der Waals surface area contributed by atoms with E-state index in [2.05, 4.69) is 0 Å². The minimum absolute atomic E-state index is 0.181. The Morgan fingerprint density at radius 1 is 1.05 bits per heavy atom. The zero-order valence-corrected chi connectivity index (χ0v) is 10.6. The summed E-state index contributed by atoms with van der Waals surface area (Å²) < 4.78 is 4.79. The van der Waals surface area contributed by atoms with Gasteiger partial charge in [0.25, 0.3) is 0 Å². The number of para-hydroxylation sites is 2. The standard InChI is InChI=1S/C7H8O2.C6H7NO.CH2O/c1-9-7-5-3-2-4-6(7)8;7-5-2-1-3-6(8)4-5;1-2/h2-5,8H,1H3;1-4,8H,7H2;1H2. The van der Waals surface area contributed by atoms with E-state index in [9.17, 15) is 0 Å². The van der Waals surface area contributed by atoms with E-state index in [0.29, 0.717) is 11.4 Å². The third-order valence-electron chi connectivity index (χ3n) is 1.96. The minimum Gasteiger partial charge on any atom is -0.508 e. The number of carbonyl (C=O) groups excluding carboxylic acids is 1. The Morgan fingerprint density at radius 2 is 1.68 bits per heavy atom. The quantitative estimate of drug-likeness (QED) is 0.686. The van der Waals surface area contributed by atoms with Gasteiger partial charge in [0, 0.05) is 11.8 Å². The molecule has 0 aliphatic rings. The molecule has 0 atom stereocenters. The predicted octanol–water partition coefficient (Wildman–Crippen LogP) is 2.19. The van der Waals surface area contributed by atoms with Crippen molar-refractivity contribution in [1.29, 1.82) is 0 Å². The van der Waals surface area contributed by atoms with Crippen LogP contribution in [-0.2, 0) is 4.79 Å². The number of rotatable bonds is 1. The van der Waals surface area contributed by atoms with E-state index in [4.69, 9.17) is 25.5 Å². The SMILES string of the molecule is C=O.COc1ccccc1O.Nc1cccc(O)c1. The Hall–Kier alpha value is -2.69. The molecule has 0 spiro atoms. The number of phenols is 2. The second-order valence-corrected chi connectivity index (χ2v) is 3.27. The fourth-order valence-electron chi connectivity index (χ4n) is 1.15. The van der Waals surface area contributed by atoms with Crippen LogP contribution in [0.2, 0.25) is 0 Å².